The molecule has 1 fully saturated rings. The molecule has 0 atom stereocenters. The van der Waals surface area contributed by atoms with Crippen molar-refractivity contribution in [2.75, 3.05) is 18.8 Å². The number of nitrogens with two attached hydrogens (primary N) is 1. The predicted molar refractivity (Wildman–Crippen MR) is 171 cm³/mol. The van der Waals surface area contributed by atoms with E-state index in [2.05, 4.69) is 16.4 Å². The molecule has 6 rings (SSSR count). The quantitative estimate of drug-likeness (QED) is 0.193. The Morgan fingerprint density at radius 1 is 1.00 bits per heavy atom. The lowest BCUT2D eigenvalue weighted by Crippen LogP contribution is -2.42. The lowest BCUT2D eigenvalue weighted by Gasteiger charge is -2.31. The zero-order valence-electron chi connectivity index (χ0n) is 24.7. The molecule has 46 heavy (non-hydrogen) atoms. The number of fused-ring (bicyclic) bond motifs is 1. The molecule has 3 N–H and O–H groups in total. The van der Waals surface area contributed by atoms with E-state index in [1.54, 1.807) is 54.7 Å². The molecule has 0 saturated carbocycles. The van der Waals surface area contributed by atoms with Crippen LogP contribution < -0.4 is 11.1 Å². The van der Waals surface area contributed by atoms with E-state index in [-0.39, 0.29) is 44.3 Å². The maximum absolute atomic E-state index is 13.6. The molecule has 10 heteroatoms. The van der Waals surface area contributed by atoms with Crippen molar-refractivity contribution in [3.63, 3.8) is 0 Å². The molecule has 3 heterocycles. The Morgan fingerprint density at radius 2 is 1.78 bits per heavy atom. The molecule has 2 aromatic heterocycles. The second-order valence-electron chi connectivity index (χ2n) is 11.1. The van der Waals surface area contributed by atoms with Gasteiger partial charge in [-0.25, -0.2) is 13.8 Å². The van der Waals surface area contributed by atoms with Crippen LogP contribution in [0.5, 0.6) is 0 Å². The zero-order valence-corrected chi connectivity index (χ0v) is 24.7. The summed E-state index contributed by atoms with van der Waals surface area (Å²) in [6, 6.07) is 25.6. The van der Waals surface area contributed by atoms with Crippen LogP contribution in [0.2, 0.25) is 0 Å². The molecule has 230 valence electrons. The van der Waals surface area contributed by atoms with E-state index in [4.69, 9.17) is 10.2 Å². The summed E-state index contributed by atoms with van der Waals surface area (Å²) < 4.78 is 33.4. The maximum Gasteiger partial charge on any atom is 0.253 e. The number of alkyl halides is 2. The minimum Gasteiger partial charge on any atom is -0.459 e. The number of nitriles is 1. The van der Waals surface area contributed by atoms with Crippen LogP contribution in [0.1, 0.15) is 40.1 Å². The Kier molecular flexibility index (Phi) is 8.31. The number of nitrogens with zero attached hydrogens (tertiary/aromatic N) is 3. The van der Waals surface area contributed by atoms with Gasteiger partial charge in [0.2, 0.25) is 5.91 Å². The number of hydrogen-bond acceptors (Lipinski definition) is 6. The second-order valence-corrected chi connectivity index (χ2v) is 11.1. The Labute approximate surface area is 263 Å². The number of benzene rings is 3. The first-order valence-electron chi connectivity index (χ1n) is 14.7. The van der Waals surface area contributed by atoms with Gasteiger partial charge < -0.3 is 20.4 Å². The van der Waals surface area contributed by atoms with E-state index in [0.717, 1.165) is 33.2 Å². The number of hydrogen-bond donors (Lipinski definition) is 2. The molecule has 1 saturated heterocycles. The number of pyridine rings is 1. The third-order valence-electron chi connectivity index (χ3n) is 7.89. The highest BCUT2D eigenvalue weighted by Crippen LogP contribution is 2.37. The van der Waals surface area contributed by atoms with E-state index in [1.807, 2.05) is 36.4 Å². The van der Waals surface area contributed by atoms with Crippen molar-refractivity contribution < 1.29 is 22.8 Å². The SMILES string of the molecule is N#Cc1cccc(-c2cc(-c3ccc(C(=O)N4CCC(F)(F)CC4)cc3)cc3cc(CNC(=O)/C=C/c4ccc(N)nc4)oc23)c1. The van der Waals surface area contributed by atoms with Crippen LogP contribution in [0.25, 0.3) is 39.3 Å². The van der Waals surface area contributed by atoms with Gasteiger partial charge in [0, 0.05) is 54.7 Å². The van der Waals surface area contributed by atoms with Gasteiger partial charge in [-0.1, -0.05) is 24.3 Å². The highest BCUT2D eigenvalue weighted by Gasteiger charge is 2.35. The molecular formula is C36H29F2N5O3. The number of piperidine rings is 1. The normalized spacial score (nSPS) is 14.3. The highest BCUT2D eigenvalue weighted by atomic mass is 19.3. The van der Waals surface area contributed by atoms with Crippen molar-refractivity contribution in [2.45, 2.75) is 25.3 Å². The third-order valence-corrected chi connectivity index (χ3v) is 7.89. The van der Waals surface area contributed by atoms with E-state index >= 15 is 0 Å². The number of halogens is 2. The first-order chi connectivity index (χ1) is 22.2. The average Bonchev–Trinajstić information content (AvgIpc) is 3.49. The van der Waals surface area contributed by atoms with Crippen LogP contribution in [-0.4, -0.2) is 40.7 Å². The summed E-state index contributed by atoms with van der Waals surface area (Å²) in [7, 11) is 0. The number of furan rings is 1. The van der Waals surface area contributed by atoms with Gasteiger partial charge in [0.15, 0.2) is 0 Å². The number of amides is 2. The molecule has 2 amide bonds. The first kappa shape index (κ1) is 30.2. The number of nitrogens with one attached hydrogen (secondary N) is 1. The number of aromatic nitrogens is 1. The molecule has 0 bridgehead atoms. The van der Waals surface area contributed by atoms with Gasteiger partial charge in [0.1, 0.15) is 17.2 Å². The van der Waals surface area contributed by atoms with Crippen molar-refractivity contribution in [3.05, 3.63) is 114 Å². The topological polar surface area (TPSA) is 125 Å². The Morgan fingerprint density at radius 3 is 2.50 bits per heavy atom. The number of carbonyl (C=O) groups is 2. The summed E-state index contributed by atoms with van der Waals surface area (Å²) >= 11 is 0. The van der Waals surface area contributed by atoms with E-state index in [1.165, 1.54) is 11.0 Å². The number of rotatable bonds is 7. The standard InChI is InChI=1S/C36H29F2N5O3/c37-36(38)12-14-43(15-13-36)35(45)26-8-6-25(7-9-26)28-17-29-18-30(22-42-33(44)11-5-23-4-10-32(40)41-21-23)46-34(29)31(19-28)27-3-1-2-24(16-27)20-39/h1-11,16-19,21H,12-15,22H2,(H2,40,41)(H,42,44)/b11-5+. The van der Waals surface area contributed by atoms with E-state index < -0.39 is 5.92 Å². The van der Waals surface area contributed by atoms with E-state index in [9.17, 15) is 23.6 Å². The highest BCUT2D eigenvalue weighted by molar-refractivity contribution is 5.98. The number of likely N-dealkylation sites (tertiary alicyclic amines) is 1. The summed E-state index contributed by atoms with van der Waals surface area (Å²) in [5, 5.41) is 13.1. The average molecular weight is 618 g/mol. The molecule has 0 radical (unpaired) electrons. The zero-order chi connectivity index (χ0) is 32.3. The molecule has 8 nitrogen and oxygen atoms in total. The van der Waals surface area contributed by atoms with Crippen molar-refractivity contribution in [1.82, 2.24) is 15.2 Å². The van der Waals surface area contributed by atoms with Crippen LogP contribution in [-0.2, 0) is 11.3 Å². The number of anilines is 1. The molecule has 0 spiro atoms. The lowest BCUT2D eigenvalue weighted by atomic mass is 9.95. The number of carbonyl (C=O) groups excluding carboxylic acids is 2. The Hall–Kier alpha value is -5.82. The molecule has 1 aliphatic rings. The second kappa shape index (κ2) is 12.7. The minimum absolute atomic E-state index is 0.0228. The van der Waals surface area contributed by atoms with E-state index in [0.29, 0.717) is 28.3 Å². The van der Waals surface area contributed by atoms with Gasteiger partial charge in [-0.05, 0) is 82.9 Å². The largest absolute Gasteiger partial charge is 0.459 e. The third kappa shape index (κ3) is 6.79. The minimum atomic E-state index is -2.73. The predicted octanol–water partition coefficient (Wildman–Crippen LogP) is 6.82. The fourth-order valence-corrected chi connectivity index (χ4v) is 5.38. The summed E-state index contributed by atoms with van der Waals surface area (Å²) in [6.07, 6.45) is 3.95. The van der Waals surface area contributed by atoms with Crippen LogP contribution in [0.15, 0.2) is 95.6 Å². The Bertz CT molecular complexity index is 1980. The summed E-state index contributed by atoms with van der Waals surface area (Å²) in [5.41, 5.74) is 11.1. The summed E-state index contributed by atoms with van der Waals surface area (Å²) in [6.45, 7) is 0.189. The Balaban J connectivity index is 1.26. The van der Waals surface area contributed by atoms with Crippen molar-refractivity contribution in [3.8, 4) is 28.3 Å². The van der Waals surface area contributed by atoms with Crippen LogP contribution in [0, 0.1) is 11.3 Å². The summed E-state index contributed by atoms with van der Waals surface area (Å²) in [5.74, 6) is -2.38. The molecule has 0 unspecified atom stereocenters. The molecule has 0 aliphatic carbocycles. The fourth-order valence-electron chi connectivity index (χ4n) is 5.38. The number of nitrogen functional groups attached to an aromatic ring is 1. The van der Waals surface area contributed by atoms with Gasteiger partial charge >= 0.3 is 0 Å². The van der Waals surface area contributed by atoms with Gasteiger partial charge in [0.05, 0.1) is 18.2 Å². The van der Waals surface area contributed by atoms with Gasteiger partial charge in [-0.3, -0.25) is 9.59 Å². The molecule has 5 aromatic rings. The summed E-state index contributed by atoms with van der Waals surface area (Å²) in [4.78, 5) is 30.9. The van der Waals surface area contributed by atoms with Crippen molar-refractivity contribution in [1.29, 1.82) is 5.26 Å². The smallest absolute Gasteiger partial charge is 0.253 e. The lowest BCUT2D eigenvalue weighted by molar-refractivity contribution is -0.116. The van der Waals surface area contributed by atoms with Crippen LogP contribution in [0.3, 0.4) is 0 Å². The van der Waals surface area contributed by atoms with Gasteiger partial charge in [0.25, 0.3) is 11.8 Å². The van der Waals surface area contributed by atoms with Crippen LogP contribution in [0.4, 0.5) is 14.6 Å². The van der Waals surface area contributed by atoms with Gasteiger partial charge in [-0.15, -0.1) is 0 Å². The monoisotopic (exact) mass is 617 g/mol. The molecule has 1 aliphatic heterocycles. The fraction of sp³-hybridized carbons (Fsp3) is 0.167. The maximum atomic E-state index is 13.6. The van der Waals surface area contributed by atoms with Crippen molar-refractivity contribution >= 4 is 34.7 Å². The molecular weight excluding hydrogens is 588 g/mol. The van der Waals surface area contributed by atoms with Crippen LogP contribution >= 0.6 is 0 Å². The first-order valence-corrected chi connectivity index (χ1v) is 14.7. The van der Waals surface area contributed by atoms with Crippen molar-refractivity contribution in [2.24, 2.45) is 0 Å². The molecule has 3 aromatic carbocycles. The van der Waals surface area contributed by atoms with Gasteiger partial charge in [-0.2, -0.15) is 5.26 Å².